The van der Waals surface area contributed by atoms with E-state index in [9.17, 15) is 9.59 Å². The van der Waals surface area contributed by atoms with Crippen molar-refractivity contribution in [3.63, 3.8) is 0 Å². The maximum absolute atomic E-state index is 12.2. The van der Waals surface area contributed by atoms with Gasteiger partial charge < -0.3 is 9.47 Å². The maximum Gasteiger partial charge on any atom is 0.332 e. The molecule has 1 aromatic rings. The highest BCUT2D eigenvalue weighted by Crippen LogP contribution is 2.31. The average Bonchev–Trinajstić information content (AvgIpc) is 2.42. The molecule has 2 rings (SSSR count). The van der Waals surface area contributed by atoms with Gasteiger partial charge in [0, 0.05) is 5.69 Å². The number of amides is 1. The van der Waals surface area contributed by atoms with Crippen LogP contribution in [0.25, 0.3) is 0 Å². The van der Waals surface area contributed by atoms with Crippen LogP contribution in [0.4, 0.5) is 5.69 Å². The van der Waals surface area contributed by atoms with Crippen molar-refractivity contribution in [2.75, 3.05) is 11.5 Å². The number of hydrogen-bond acceptors (Lipinski definition) is 4. The molecule has 1 heterocycles. The Bertz CT molecular complexity index is 486. The highest BCUT2D eigenvalue weighted by molar-refractivity contribution is 6.12. The monoisotopic (exact) mass is 277 g/mol. The van der Waals surface area contributed by atoms with Crippen molar-refractivity contribution in [1.82, 2.24) is 0 Å². The van der Waals surface area contributed by atoms with E-state index in [0.717, 1.165) is 0 Å². The van der Waals surface area contributed by atoms with Crippen LogP contribution in [0.5, 0.6) is 0 Å². The Morgan fingerprint density at radius 2 is 1.95 bits per heavy atom. The number of hydrogen-bond donors (Lipinski definition) is 0. The quantitative estimate of drug-likeness (QED) is 0.608. The van der Waals surface area contributed by atoms with Crippen molar-refractivity contribution in [1.29, 1.82) is 0 Å². The molecule has 1 aromatic carbocycles. The Morgan fingerprint density at radius 1 is 1.30 bits per heavy atom. The molecule has 0 spiro atoms. The number of carbonyl (C=O) groups is 2. The molecule has 1 aliphatic heterocycles. The van der Waals surface area contributed by atoms with Crippen LogP contribution in [0.1, 0.15) is 20.8 Å². The minimum absolute atomic E-state index is 0.126. The number of β-lactam (4-membered cyclic amide) rings is 1. The minimum atomic E-state index is -0.755. The summed E-state index contributed by atoms with van der Waals surface area (Å²) in [5.41, 5.74) is 0.680. The highest BCUT2D eigenvalue weighted by Gasteiger charge is 2.54. The lowest BCUT2D eigenvalue weighted by molar-refractivity contribution is -0.164. The van der Waals surface area contributed by atoms with Crippen LogP contribution in [0, 0.1) is 0 Å². The molecule has 0 unspecified atom stereocenters. The molecule has 1 amide bonds. The first-order chi connectivity index (χ1) is 9.56. The third-order valence-electron chi connectivity index (χ3n) is 3.03. The van der Waals surface area contributed by atoms with E-state index in [2.05, 4.69) is 0 Å². The molecule has 0 radical (unpaired) electrons. The van der Waals surface area contributed by atoms with Crippen LogP contribution >= 0.6 is 0 Å². The van der Waals surface area contributed by atoms with Crippen LogP contribution in [0.15, 0.2) is 30.3 Å². The second kappa shape index (κ2) is 6.05. The second-order valence-electron chi connectivity index (χ2n) is 4.85. The average molecular weight is 277 g/mol. The van der Waals surface area contributed by atoms with Gasteiger partial charge in [0.1, 0.15) is 0 Å². The number of anilines is 1. The number of rotatable bonds is 5. The van der Waals surface area contributed by atoms with Crippen molar-refractivity contribution < 1.29 is 19.1 Å². The second-order valence-corrected chi connectivity index (χ2v) is 4.85. The van der Waals surface area contributed by atoms with Gasteiger partial charge in [-0.05, 0) is 32.9 Å². The van der Waals surface area contributed by atoms with Gasteiger partial charge in [0.2, 0.25) is 0 Å². The summed E-state index contributed by atoms with van der Waals surface area (Å²) in [6.07, 6.45) is -0.881. The van der Waals surface area contributed by atoms with E-state index in [-0.39, 0.29) is 18.6 Å². The summed E-state index contributed by atoms with van der Waals surface area (Å²) < 4.78 is 10.6. The molecule has 1 fully saturated rings. The topological polar surface area (TPSA) is 55.8 Å². The van der Waals surface area contributed by atoms with E-state index < -0.39 is 18.1 Å². The number of carbonyl (C=O) groups excluding carboxylic acids is 2. The Labute approximate surface area is 118 Å². The fraction of sp³-hybridized carbons (Fsp3) is 0.467. The van der Waals surface area contributed by atoms with Gasteiger partial charge in [-0.3, -0.25) is 9.69 Å². The molecule has 5 heteroatoms. The van der Waals surface area contributed by atoms with Crippen molar-refractivity contribution in [2.45, 2.75) is 39.0 Å². The van der Waals surface area contributed by atoms with Crippen molar-refractivity contribution in [2.24, 2.45) is 0 Å². The number of benzene rings is 1. The van der Waals surface area contributed by atoms with E-state index >= 15 is 0 Å². The largest absolute Gasteiger partial charge is 0.464 e. The van der Waals surface area contributed by atoms with Crippen LogP contribution in [0.3, 0.4) is 0 Å². The zero-order valence-corrected chi connectivity index (χ0v) is 11.9. The predicted octanol–water partition coefficient (Wildman–Crippen LogP) is 1.76. The van der Waals surface area contributed by atoms with Gasteiger partial charge in [0.25, 0.3) is 5.91 Å². The molecule has 1 aliphatic rings. The Kier molecular flexibility index (Phi) is 4.39. The number of esters is 1. The number of nitrogens with zero attached hydrogens (tertiary/aromatic N) is 1. The van der Waals surface area contributed by atoms with Gasteiger partial charge in [-0.2, -0.15) is 0 Å². The van der Waals surface area contributed by atoms with Gasteiger partial charge in [0.05, 0.1) is 12.7 Å². The first kappa shape index (κ1) is 14.5. The van der Waals surface area contributed by atoms with E-state index in [4.69, 9.17) is 9.47 Å². The van der Waals surface area contributed by atoms with E-state index in [1.807, 2.05) is 32.0 Å². The fourth-order valence-electron chi connectivity index (χ4n) is 2.22. The summed E-state index contributed by atoms with van der Waals surface area (Å²) in [5, 5.41) is 0. The SMILES string of the molecule is CCOC(=O)[C@H]1[C@@H](OC(C)C)C(=O)N1c1ccccc1. The van der Waals surface area contributed by atoms with Crippen LogP contribution < -0.4 is 4.90 Å². The fourth-order valence-corrected chi connectivity index (χ4v) is 2.22. The molecule has 5 nitrogen and oxygen atoms in total. The third-order valence-corrected chi connectivity index (χ3v) is 3.03. The summed E-state index contributed by atoms with van der Waals surface area (Å²) in [7, 11) is 0. The molecule has 0 aromatic heterocycles. The Hall–Kier alpha value is -1.88. The van der Waals surface area contributed by atoms with Gasteiger partial charge in [0.15, 0.2) is 12.1 Å². The van der Waals surface area contributed by atoms with Crippen molar-refractivity contribution in [3.05, 3.63) is 30.3 Å². The molecule has 20 heavy (non-hydrogen) atoms. The van der Waals surface area contributed by atoms with E-state index in [1.165, 1.54) is 4.90 Å². The highest BCUT2D eigenvalue weighted by atomic mass is 16.5. The molecule has 0 bridgehead atoms. The number of ether oxygens (including phenoxy) is 2. The Morgan fingerprint density at radius 3 is 2.50 bits per heavy atom. The lowest BCUT2D eigenvalue weighted by Gasteiger charge is -2.45. The third kappa shape index (κ3) is 2.67. The summed E-state index contributed by atoms with van der Waals surface area (Å²) in [5.74, 6) is -0.635. The first-order valence-electron chi connectivity index (χ1n) is 6.76. The molecule has 1 saturated heterocycles. The zero-order valence-electron chi connectivity index (χ0n) is 11.9. The first-order valence-corrected chi connectivity index (χ1v) is 6.76. The van der Waals surface area contributed by atoms with Gasteiger partial charge in [-0.1, -0.05) is 18.2 Å². The Balaban J connectivity index is 2.23. The van der Waals surface area contributed by atoms with Crippen molar-refractivity contribution >= 4 is 17.6 Å². The molecule has 0 N–H and O–H groups in total. The molecular weight excluding hydrogens is 258 g/mol. The van der Waals surface area contributed by atoms with Crippen molar-refractivity contribution in [3.8, 4) is 0 Å². The lowest BCUT2D eigenvalue weighted by Crippen LogP contribution is -2.70. The summed E-state index contributed by atoms with van der Waals surface area (Å²) in [6.45, 7) is 5.69. The minimum Gasteiger partial charge on any atom is -0.464 e. The van der Waals surface area contributed by atoms with Crippen LogP contribution in [0.2, 0.25) is 0 Å². The standard InChI is InChI=1S/C15H19NO4/c1-4-19-15(18)12-13(20-10(2)3)14(17)16(12)11-8-6-5-7-9-11/h5-10,12-13H,4H2,1-3H3/t12-,13-/m1/s1. The maximum atomic E-state index is 12.2. The summed E-state index contributed by atoms with van der Waals surface area (Å²) >= 11 is 0. The summed E-state index contributed by atoms with van der Waals surface area (Å²) in [6, 6.07) is 8.37. The normalized spacial score (nSPS) is 21.8. The lowest BCUT2D eigenvalue weighted by atomic mass is 9.96. The smallest absolute Gasteiger partial charge is 0.332 e. The number of para-hydroxylation sites is 1. The van der Waals surface area contributed by atoms with Crippen LogP contribution in [-0.2, 0) is 19.1 Å². The molecular formula is C15H19NO4. The van der Waals surface area contributed by atoms with E-state index in [1.54, 1.807) is 19.1 Å². The zero-order chi connectivity index (χ0) is 14.7. The van der Waals surface area contributed by atoms with Gasteiger partial charge >= 0.3 is 5.97 Å². The van der Waals surface area contributed by atoms with Gasteiger partial charge in [-0.15, -0.1) is 0 Å². The van der Waals surface area contributed by atoms with Gasteiger partial charge in [-0.25, -0.2) is 4.79 Å². The van der Waals surface area contributed by atoms with Crippen LogP contribution in [-0.4, -0.2) is 36.7 Å². The molecule has 0 aliphatic carbocycles. The van der Waals surface area contributed by atoms with E-state index in [0.29, 0.717) is 5.69 Å². The molecule has 0 saturated carbocycles. The summed E-state index contributed by atoms with van der Waals surface area (Å²) in [4.78, 5) is 25.7. The molecule has 108 valence electrons. The predicted molar refractivity (Wildman–Crippen MR) is 74.4 cm³/mol. The molecule has 2 atom stereocenters.